The molecule has 0 aliphatic carbocycles. The van der Waals surface area contributed by atoms with Crippen LogP contribution in [0.2, 0.25) is 0 Å². The first-order chi connectivity index (χ1) is 9.24. The van der Waals surface area contributed by atoms with Gasteiger partial charge in [-0.1, -0.05) is 0 Å². The van der Waals surface area contributed by atoms with E-state index in [1.54, 1.807) is 0 Å². The van der Waals surface area contributed by atoms with Crippen molar-refractivity contribution in [3.63, 3.8) is 0 Å². The molecule has 0 aromatic carbocycles. The van der Waals surface area contributed by atoms with E-state index in [0.29, 0.717) is 12.7 Å². The van der Waals surface area contributed by atoms with Crippen LogP contribution < -0.4 is 11.1 Å². The average molecular weight is 264 g/mol. The first-order valence-electron chi connectivity index (χ1n) is 7.37. The second-order valence-corrected chi connectivity index (χ2v) is 5.77. The summed E-state index contributed by atoms with van der Waals surface area (Å²) in [6, 6.07) is 2.53. The van der Waals surface area contributed by atoms with E-state index >= 15 is 0 Å². The molecule has 0 saturated carbocycles. The number of nitrogens with two attached hydrogens (primary N) is 1. The zero-order valence-electron chi connectivity index (χ0n) is 11.6. The van der Waals surface area contributed by atoms with Gasteiger partial charge in [-0.25, -0.2) is 0 Å². The van der Waals surface area contributed by atoms with Crippen LogP contribution in [-0.4, -0.2) is 41.6 Å². The second-order valence-electron chi connectivity index (χ2n) is 5.77. The molecule has 2 atom stereocenters. The Morgan fingerprint density at radius 1 is 1.42 bits per heavy atom. The van der Waals surface area contributed by atoms with Gasteiger partial charge in [0.2, 0.25) is 0 Å². The molecule has 1 saturated heterocycles. The van der Waals surface area contributed by atoms with Gasteiger partial charge >= 0.3 is 0 Å². The maximum atomic E-state index is 6.27. The molecule has 5 heteroatoms. The maximum absolute atomic E-state index is 6.27. The predicted octanol–water partition coefficient (Wildman–Crippen LogP) is 0.775. The van der Waals surface area contributed by atoms with Crippen molar-refractivity contribution in [2.75, 3.05) is 19.7 Å². The average Bonchev–Trinajstić information content (AvgIpc) is 2.79. The van der Waals surface area contributed by atoms with E-state index < -0.39 is 0 Å². The molecular formula is C14H24N4O. The fraction of sp³-hybridized carbons (Fsp3) is 0.786. The van der Waals surface area contributed by atoms with Gasteiger partial charge in [0.1, 0.15) is 0 Å². The van der Waals surface area contributed by atoms with Crippen molar-refractivity contribution in [3.8, 4) is 0 Å². The van der Waals surface area contributed by atoms with Crippen LogP contribution in [0.15, 0.2) is 6.07 Å². The summed E-state index contributed by atoms with van der Waals surface area (Å²) in [6.07, 6.45) is 4.66. The number of hydrogen-bond acceptors (Lipinski definition) is 4. The van der Waals surface area contributed by atoms with E-state index in [9.17, 15) is 0 Å². The molecule has 1 aromatic rings. The Labute approximate surface area is 114 Å². The van der Waals surface area contributed by atoms with Gasteiger partial charge in [-0.2, -0.15) is 5.10 Å². The number of aromatic nitrogens is 2. The Hall–Kier alpha value is -0.910. The molecule has 0 amide bonds. The van der Waals surface area contributed by atoms with Crippen LogP contribution >= 0.6 is 0 Å². The summed E-state index contributed by atoms with van der Waals surface area (Å²) in [5, 5.41) is 7.95. The lowest BCUT2D eigenvalue weighted by Gasteiger charge is -2.32. The third-order valence-corrected chi connectivity index (χ3v) is 4.27. The SMILES string of the molecule is Cc1cc2n(n1)C(COC1CCNCC1)C(N)CC2. The van der Waals surface area contributed by atoms with Crippen molar-refractivity contribution in [1.29, 1.82) is 0 Å². The first-order valence-corrected chi connectivity index (χ1v) is 7.37. The van der Waals surface area contributed by atoms with Crippen LogP contribution in [0.5, 0.6) is 0 Å². The summed E-state index contributed by atoms with van der Waals surface area (Å²) >= 11 is 0. The fourth-order valence-electron chi connectivity index (χ4n) is 3.12. The summed E-state index contributed by atoms with van der Waals surface area (Å²) in [5.41, 5.74) is 8.65. The lowest BCUT2D eigenvalue weighted by molar-refractivity contribution is 0.00428. The summed E-state index contributed by atoms with van der Waals surface area (Å²) in [4.78, 5) is 0. The molecule has 1 aromatic heterocycles. The molecular weight excluding hydrogens is 240 g/mol. The predicted molar refractivity (Wildman–Crippen MR) is 74.1 cm³/mol. The minimum atomic E-state index is 0.161. The highest BCUT2D eigenvalue weighted by Crippen LogP contribution is 2.25. The Morgan fingerprint density at radius 3 is 3.00 bits per heavy atom. The van der Waals surface area contributed by atoms with Crippen LogP contribution in [0, 0.1) is 6.92 Å². The van der Waals surface area contributed by atoms with Gasteiger partial charge in [0.05, 0.1) is 24.4 Å². The standard InChI is InChI=1S/C14H24N4O/c1-10-8-11-2-3-13(15)14(18(11)17-10)9-19-12-4-6-16-7-5-12/h8,12-14,16H,2-7,9,15H2,1H3. The molecule has 1 fully saturated rings. The molecule has 106 valence electrons. The molecule has 3 heterocycles. The first kappa shape index (κ1) is 13.1. The second kappa shape index (κ2) is 5.61. The quantitative estimate of drug-likeness (QED) is 0.846. The molecule has 19 heavy (non-hydrogen) atoms. The summed E-state index contributed by atoms with van der Waals surface area (Å²) in [6.45, 7) is 4.86. The number of piperidine rings is 1. The highest BCUT2D eigenvalue weighted by atomic mass is 16.5. The van der Waals surface area contributed by atoms with Gasteiger partial charge < -0.3 is 15.8 Å². The zero-order chi connectivity index (χ0) is 13.2. The molecule has 3 N–H and O–H groups in total. The van der Waals surface area contributed by atoms with E-state index in [2.05, 4.69) is 21.2 Å². The Bertz CT molecular complexity index is 425. The van der Waals surface area contributed by atoms with Gasteiger partial charge in [-0.05, 0) is 51.8 Å². The molecule has 0 bridgehead atoms. The molecule has 5 nitrogen and oxygen atoms in total. The minimum absolute atomic E-state index is 0.161. The lowest BCUT2D eigenvalue weighted by Crippen LogP contribution is -2.42. The molecule has 2 aliphatic rings. The lowest BCUT2D eigenvalue weighted by atomic mass is 9.98. The number of nitrogens with zero attached hydrogens (tertiary/aromatic N) is 2. The molecule has 2 unspecified atom stereocenters. The largest absolute Gasteiger partial charge is 0.376 e. The van der Waals surface area contributed by atoms with Crippen molar-refractivity contribution in [3.05, 3.63) is 17.5 Å². The Balaban J connectivity index is 1.65. The molecule has 0 radical (unpaired) electrons. The highest BCUT2D eigenvalue weighted by molar-refractivity contribution is 5.13. The monoisotopic (exact) mass is 264 g/mol. The number of rotatable bonds is 3. The van der Waals surface area contributed by atoms with E-state index in [1.807, 2.05) is 6.92 Å². The van der Waals surface area contributed by atoms with Crippen LogP contribution in [0.3, 0.4) is 0 Å². The van der Waals surface area contributed by atoms with E-state index in [1.165, 1.54) is 5.69 Å². The number of fused-ring (bicyclic) bond motifs is 1. The van der Waals surface area contributed by atoms with Crippen molar-refractivity contribution < 1.29 is 4.74 Å². The molecule has 0 spiro atoms. The van der Waals surface area contributed by atoms with Gasteiger partial charge in [-0.3, -0.25) is 4.68 Å². The van der Waals surface area contributed by atoms with E-state index in [0.717, 1.165) is 44.5 Å². The number of aryl methyl sites for hydroxylation is 2. The Morgan fingerprint density at radius 2 is 2.21 bits per heavy atom. The molecule has 3 rings (SSSR count). The minimum Gasteiger partial charge on any atom is -0.376 e. The highest BCUT2D eigenvalue weighted by Gasteiger charge is 2.29. The number of hydrogen-bond donors (Lipinski definition) is 2. The zero-order valence-corrected chi connectivity index (χ0v) is 11.6. The normalized spacial score (nSPS) is 28.3. The summed E-state index contributed by atoms with van der Waals surface area (Å²) < 4.78 is 8.18. The topological polar surface area (TPSA) is 65.1 Å². The third-order valence-electron chi connectivity index (χ3n) is 4.27. The summed E-state index contributed by atoms with van der Waals surface area (Å²) in [5.74, 6) is 0. The molecule has 2 aliphatic heterocycles. The number of ether oxygens (including phenoxy) is 1. The van der Waals surface area contributed by atoms with Crippen LogP contribution in [0.4, 0.5) is 0 Å². The smallest absolute Gasteiger partial charge is 0.0906 e. The van der Waals surface area contributed by atoms with Gasteiger partial charge in [0.25, 0.3) is 0 Å². The van der Waals surface area contributed by atoms with Crippen LogP contribution in [-0.2, 0) is 11.2 Å². The van der Waals surface area contributed by atoms with Crippen molar-refractivity contribution >= 4 is 0 Å². The van der Waals surface area contributed by atoms with E-state index in [-0.39, 0.29) is 12.1 Å². The fourth-order valence-corrected chi connectivity index (χ4v) is 3.12. The van der Waals surface area contributed by atoms with Gasteiger partial charge in [-0.15, -0.1) is 0 Å². The van der Waals surface area contributed by atoms with Crippen LogP contribution in [0.25, 0.3) is 0 Å². The van der Waals surface area contributed by atoms with Crippen molar-refractivity contribution in [2.45, 2.75) is 50.8 Å². The third kappa shape index (κ3) is 2.83. The van der Waals surface area contributed by atoms with Gasteiger partial charge in [0, 0.05) is 11.7 Å². The summed E-state index contributed by atoms with van der Waals surface area (Å²) in [7, 11) is 0. The van der Waals surface area contributed by atoms with Gasteiger partial charge in [0.15, 0.2) is 0 Å². The van der Waals surface area contributed by atoms with Crippen molar-refractivity contribution in [2.24, 2.45) is 5.73 Å². The van der Waals surface area contributed by atoms with Crippen molar-refractivity contribution in [1.82, 2.24) is 15.1 Å². The maximum Gasteiger partial charge on any atom is 0.0906 e. The Kier molecular flexibility index (Phi) is 3.86. The number of nitrogens with one attached hydrogen (secondary N) is 1. The van der Waals surface area contributed by atoms with Crippen LogP contribution in [0.1, 0.15) is 36.7 Å². The van der Waals surface area contributed by atoms with E-state index in [4.69, 9.17) is 10.5 Å².